The molecule has 2 unspecified atom stereocenters. The maximum atomic E-state index is 13.0. The fourth-order valence-corrected chi connectivity index (χ4v) is 3.75. The van der Waals surface area contributed by atoms with E-state index in [1.807, 2.05) is 54.0 Å². The van der Waals surface area contributed by atoms with E-state index in [2.05, 4.69) is 26.8 Å². The van der Waals surface area contributed by atoms with Gasteiger partial charge in [-0.1, -0.05) is 51.1 Å². The van der Waals surface area contributed by atoms with Gasteiger partial charge in [0.25, 0.3) is 0 Å². The Labute approximate surface area is 184 Å². The van der Waals surface area contributed by atoms with Crippen LogP contribution in [-0.4, -0.2) is 29.9 Å². The Balaban J connectivity index is 1.78. The highest BCUT2D eigenvalue weighted by atomic mass is 16.5. The number of ether oxygens (including phenoxy) is 2. The molecule has 0 aliphatic rings. The lowest BCUT2D eigenvalue weighted by Crippen LogP contribution is -2.20. The first-order valence-electron chi connectivity index (χ1n) is 10.8. The molecule has 2 atom stereocenters. The smallest absolute Gasteiger partial charge is 0.340 e. The van der Waals surface area contributed by atoms with Crippen LogP contribution in [0.1, 0.15) is 50.0 Å². The van der Waals surface area contributed by atoms with Gasteiger partial charge in [0.2, 0.25) is 0 Å². The Morgan fingerprint density at radius 1 is 1.03 bits per heavy atom. The second kappa shape index (κ2) is 10.3. The number of rotatable bonds is 9. The van der Waals surface area contributed by atoms with E-state index < -0.39 is 0 Å². The Bertz CT molecular complexity index is 1080. The highest BCUT2D eigenvalue weighted by Crippen LogP contribution is 2.27. The van der Waals surface area contributed by atoms with Gasteiger partial charge in [-0.05, 0) is 43.4 Å². The van der Waals surface area contributed by atoms with Crippen molar-refractivity contribution in [2.24, 2.45) is 11.8 Å². The molecule has 31 heavy (non-hydrogen) atoms. The van der Waals surface area contributed by atoms with E-state index in [-0.39, 0.29) is 12.1 Å². The number of carbonyl (C=O) groups excluding carboxylic acids is 1. The van der Waals surface area contributed by atoms with Gasteiger partial charge in [0.1, 0.15) is 6.07 Å². The molecule has 0 amide bonds. The predicted molar refractivity (Wildman–Crippen MR) is 122 cm³/mol. The van der Waals surface area contributed by atoms with Crippen molar-refractivity contribution in [3.63, 3.8) is 0 Å². The van der Waals surface area contributed by atoms with Gasteiger partial charge < -0.3 is 14.0 Å². The van der Waals surface area contributed by atoms with Crippen LogP contribution in [0.25, 0.3) is 16.6 Å². The molecule has 0 bridgehead atoms. The minimum absolute atomic E-state index is 0.223. The summed E-state index contributed by atoms with van der Waals surface area (Å²) >= 11 is 0. The molecule has 162 valence electrons. The zero-order valence-corrected chi connectivity index (χ0v) is 18.7. The summed E-state index contributed by atoms with van der Waals surface area (Å²) in [6.45, 7) is 9.67. The van der Waals surface area contributed by atoms with Crippen LogP contribution in [0.3, 0.4) is 0 Å². The van der Waals surface area contributed by atoms with Crippen LogP contribution in [0.2, 0.25) is 0 Å². The summed E-state index contributed by atoms with van der Waals surface area (Å²) in [7, 11) is 0. The molecule has 3 aromatic rings. The van der Waals surface area contributed by atoms with E-state index in [1.54, 1.807) is 12.3 Å². The molecule has 2 aromatic carbocycles. The summed E-state index contributed by atoms with van der Waals surface area (Å²) < 4.78 is 13.4. The van der Waals surface area contributed by atoms with Crippen LogP contribution in [0.15, 0.2) is 54.7 Å². The molecular formula is C26H30N2O3. The number of aromatic nitrogens is 1. The van der Waals surface area contributed by atoms with E-state index in [1.165, 1.54) is 0 Å². The molecule has 0 N–H and O–H groups in total. The van der Waals surface area contributed by atoms with Crippen molar-refractivity contribution in [2.75, 3.05) is 13.2 Å². The number of benzene rings is 2. The molecule has 0 aliphatic carbocycles. The average Bonchev–Trinajstić information content (AvgIpc) is 3.13. The lowest BCUT2D eigenvalue weighted by atomic mass is 10.1. The lowest BCUT2D eigenvalue weighted by molar-refractivity contribution is 0.0215. The summed E-state index contributed by atoms with van der Waals surface area (Å²) in [4.78, 5) is 13.0. The van der Waals surface area contributed by atoms with Crippen LogP contribution < -0.4 is 0 Å². The normalized spacial score (nSPS) is 13.2. The first-order chi connectivity index (χ1) is 14.9. The first-order valence-corrected chi connectivity index (χ1v) is 10.8. The first kappa shape index (κ1) is 22.6. The Kier molecular flexibility index (Phi) is 7.49. The van der Waals surface area contributed by atoms with E-state index in [0.717, 1.165) is 29.6 Å². The number of hydrogen-bond donors (Lipinski definition) is 0. The quantitative estimate of drug-likeness (QED) is 0.415. The summed E-state index contributed by atoms with van der Waals surface area (Å²) in [5.74, 6) is 0.448. The molecule has 0 saturated carbocycles. The lowest BCUT2D eigenvalue weighted by Gasteiger charge is -2.18. The van der Waals surface area contributed by atoms with Gasteiger partial charge in [-0.25, -0.2) is 4.79 Å². The molecule has 0 saturated heterocycles. The molecule has 0 aliphatic heterocycles. The summed E-state index contributed by atoms with van der Waals surface area (Å²) in [5, 5.41) is 10.3. The van der Waals surface area contributed by atoms with Gasteiger partial charge >= 0.3 is 5.97 Å². The number of hydrogen-bond acceptors (Lipinski definition) is 4. The van der Waals surface area contributed by atoms with Crippen molar-refractivity contribution in [1.29, 1.82) is 5.26 Å². The van der Waals surface area contributed by atoms with Gasteiger partial charge in [-0.15, -0.1) is 0 Å². The van der Waals surface area contributed by atoms with Crippen molar-refractivity contribution in [3.05, 3.63) is 65.9 Å². The van der Waals surface area contributed by atoms with Gasteiger partial charge in [0.15, 0.2) is 0 Å². The van der Waals surface area contributed by atoms with Gasteiger partial charge in [0.05, 0.1) is 28.4 Å². The Hall–Kier alpha value is -3.10. The third-order valence-electron chi connectivity index (χ3n) is 5.11. The summed E-state index contributed by atoms with van der Waals surface area (Å²) in [5.41, 5.74) is 2.65. The Morgan fingerprint density at radius 3 is 2.48 bits per heavy atom. The highest BCUT2D eigenvalue weighted by molar-refractivity contribution is 6.05. The van der Waals surface area contributed by atoms with Crippen LogP contribution in [0.4, 0.5) is 0 Å². The standard InChI is InChI=1S/C26H30N2O3/c1-18(2)16-30-17-19(3)13-20(4)31-26(29)23-15-28(25-12-8-6-10-22(23)25)24-11-7-5-9-21(24)14-27/h5-12,15,18-20H,13,16-17H2,1-4H3. The molecule has 5 heteroatoms. The van der Waals surface area contributed by atoms with Gasteiger partial charge in [0, 0.05) is 24.8 Å². The molecule has 5 nitrogen and oxygen atoms in total. The number of carbonyl (C=O) groups is 1. The zero-order chi connectivity index (χ0) is 22.4. The van der Waals surface area contributed by atoms with Gasteiger partial charge in [-0.3, -0.25) is 0 Å². The third-order valence-corrected chi connectivity index (χ3v) is 5.11. The third kappa shape index (κ3) is 5.53. The van der Waals surface area contributed by atoms with Crippen LogP contribution in [0, 0.1) is 23.2 Å². The van der Waals surface area contributed by atoms with Crippen LogP contribution in [0.5, 0.6) is 0 Å². The minimum atomic E-state index is -0.354. The fraction of sp³-hybridized carbons (Fsp3) is 0.385. The van der Waals surface area contributed by atoms with E-state index in [0.29, 0.717) is 29.6 Å². The number of fused-ring (bicyclic) bond motifs is 1. The van der Waals surface area contributed by atoms with E-state index >= 15 is 0 Å². The number of nitrogens with zero attached hydrogens (tertiary/aromatic N) is 2. The fourth-order valence-electron chi connectivity index (χ4n) is 3.75. The van der Waals surface area contributed by atoms with Crippen LogP contribution >= 0.6 is 0 Å². The monoisotopic (exact) mass is 418 g/mol. The largest absolute Gasteiger partial charge is 0.459 e. The molecule has 3 rings (SSSR count). The maximum Gasteiger partial charge on any atom is 0.340 e. The molecular weight excluding hydrogens is 388 g/mol. The Morgan fingerprint density at radius 2 is 1.74 bits per heavy atom. The number of nitriles is 1. The highest BCUT2D eigenvalue weighted by Gasteiger charge is 2.21. The molecule has 0 spiro atoms. The zero-order valence-electron chi connectivity index (χ0n) is 18.7. The molecule has 1 heterocycles. The van der Waals surface area contributed by atoms with Crippen molar-refractivity contribution in [1.82, 2.24) is 4.57 Å². The van der Waals surface area contributed by atoms with Crippen LogP contribution in [-0.2, 0) is 9.47 Å². The van der Waals surface area contributed by atoms with E-state index in [4.69, 9.17) is 9.47 Å². The number of para-hydroxylation sites is 2. The topological polar surface area (TPSA) is 64.2 Å². The SMILES string of the molecule is CC(C)COCC(C)CC(C)OC(=O)c1cn(-c2ccccc2C#N)c2ccccc12. The van der Waals surface area contributed by atoms with E-state index in [9.17, 15) is 10.1 Å². The minimum Gasteiger partial charge on any atom is -0.459 e. The van der Waals surface area contributed by atoms with Crippen molar-refractivity contribution in [2.45, 2.75) is 40.2 Å². The summed E-state index contributed by atoms with van der Waals surface area (Å²) in [6.07, 6.45) is 2.28. The number of esters is 1. The van der Waals surface area contributed by atoms with Crippen molar-refractivity contribution >= 4 is 16.9 Å². The predicted octanol–water partition coefficient (Wildman–Crippen LogP) is 5.75. The molecule has 1 aromatic heterocycles. The second-order valence-corrected chi connectivity index (χ2v) is 8.55. The maximum absolute atomic E-state index is 13.0. The molecule has 0 fully saturated rings. The van der Waals surface area contributed by atoms with Gasteiger partial charge in [-0.2, -0.15) is 5.26 Å². The van der Waals surface area contributed by atoms with Crippen molar-refractivity contribution < 1.29 is 14.3 Å². The second-order valence-electron chi connectivity index (χ2n) is 8.55. The average molecular weight is 419 g/mol. The molecule has 0 radical (unpaired) electrons. The summed E-state index contributed by atoms with van der Waals surface area (Å²) in [6, 6.07) is 17.3. The van der Waals surface area contributed by atoms with Crippen molar-refractivity contribution in [3.8, 4) is 11.8 Å².